The van der Waals surface area contributed by atoms with Gasteiger partial charge >= 0.3 is 0 Å². The van der Waals surface area contributed by atoms with Gasteiger partial charge in [-0.25, -0.2) is 4.39 Å². The molecule has 1 unspecified atom stereocenters. The summed E-state index contributed by atoms with van der Waals surface area (Å²) in [6, 6.07) is 3.18. The van der Waals surface area contributed by atoms with E-state index in [-0.39, 0.29) is 11.9 Å². The third-order valence-corrected chi connectivity index (χ3v) is 2.73. The van der Waals surface area contributed by atoms with Crippen LogP contribution in [0.5, 0.6) is 5.75 Å². The summed E-state index contributed by atoms with van der Waals surface area (Å²) in [6.45, 7) is 2.50. The molecule has 0 amide bonds. The quantitative estimate of drug-likeness (QED) is 0.897. The molecule has 1 N–H and O–H groups in total. The lowest BCUT2D eigenvalue weighted by Gasteiger charge is -2.17. The molecular weight excluding hydrogens is 245 g/mol. The molecule has 2 rings (SSSR count). The number of halogens is 1. The molecule has 2 heterocycles. The molecule has 0 spiro atoms. The summed E-state index contributed by atoms with van der Waals surface area (Å²) in [7, 11) is 1.81. The Hall–Kier alpha value is -2.01. The second-order valence-corrected chi connectivity index (χ2v) is 4.05. The Balaban J connectivity index is 2.33. The minimum absolute atomic E-state index is 0.170. The first-order valence-corrected chi connectivity index (χ1v) is 6.10. The number of rotatable bonds is 5. The van der Waals surface area contributed by atoms with E-state index in [4.69, 9.17) is 4.74 Å². The second kappa shape index (κ2) is 6.24. The molecule has 0 aliphatic carbocycles. The fourth-order valence-corrected chi connectivity index (χ4v) is 1.95. The number of nitrogens with zero attached hydrogens (tertiary/aromatic N) is 2. The molecule has 2 aromatic heterocycles. The van der Waals surface area contributed by atoms with Gasteiger partial charge in [0, 0.05) is 12.4 Å². The van der Waals surface area contributed by atoms with Crippen molar-refractivity contribution in [3.05, 3.63) is 53.9 Å². The lowest BCUT2D eigenvalue weighted by molar-refractivity contribution is 0.338. The lowest BCUT2D eigenvalue weighted by Crippen LogP contribution is -2.18. The van der Waals surface area contributed by atoms with E-state index in [9.17, 15) is 4.39 Å². The van der Waals surface area contributed by atoms with Crippen LogP contribution >= 0.6 is 0 Å². The average molecular weight is 261 g/mol. The molecule has 0 saturated carbocycles. The lowest BCUT2D eigenvalue weighted by atomic mass is 10.0. The Morgan fingerprint density at radius 1 is 1.16 bits per heavy atom. The number of ether oxygens (including phenoxy) is 1. The summed E-state index contributed by atoms with van der Waals surface area (Å²) in [6.07, 6.45) is 6.21. The molecule has 0 saturated heterocycles. The predicted molar refractivity (Wildman–Crippen MR) is 70.5 cm³/mol. The predicted octanol–water partition coefficient (Wildman–Crippen LogP) is 2.32. The van der Waals surface area contributed by atoms with E-state index in [2.05, 4.69) is 15.3 Å². The summed E-state index contributed by atoms with van der Waals surface area (Å²) in [5, 5.41) is 3.13. The largest absolute Gasteiger partial charge is 0.492 e. The molecule has 1 atom stereocenters. The number of hydrogen-bond acceptors (Lipinski definition) is 4. The maximum Gasteiger partial charge on any atom is 0.141 e. The highest BCUT2D eigenvalue weighted by atomic mass is 19.1. The van der Waals surface area contributed by atoms with Gasteiger partial charge in [-0.2, -0.15) is 0 Å². The summed E-state index contributed by atoms with van der Waals surface area (Å²) >= 11 is 0. The van der Waals surface area contributed by atoms with Crippen LogP contribution in [0.2, 0.25) is 0 Å². The van der Waals surface area contributed by atoms with E-state index >= 15 is 0 Å². The highest BCUT2D eigenvalue weighted by Crippen LogP contribution is 2.23. The van der Waals surface area contributed by atoms with E-state index in [1.807, 2.05) is 20.0 Å². The first kappa shape index (κ1) is 13.4. The molecule has 0 aliphatic rings. The van der Waals surface area contributed by atoms with E-state index in [1.54, 1.807) is 18.6 Å². The van der Waals surface area contributed by atoms with E-state index in [0.29, 0.717) is 12.4 Å². The average Bonchev–Trinajstić information content (AvgIpc) is 2.41. The Labute approximate surface area is 111 Å². The molecule has 0 aromatic carbocycles. The monoisotopic (exact) mass is 261 g/mol. The molecule has 0 bridgehead atoms. The van der Waals surface area contributed by atoms with Gasteiger partial charge in [-0.1, -0.05) is 0 Å². The van der Waals surface area contributed by atoms with Crippen LogP contribution < -0.4 is 10.1 Å². The number of aromatic nitrogens is 2. The fourth-order valence-electron chi connectivity index (χ4n) is 1.95. The van der Waals surface area contributed by atoms with Crippen molar-refractivity contribution in [3.63, 3.8) is 0 Å². The van der Waals surface area contributed by atoms with Crippen LogP contribution in [0, 0.1) is 5.82 Å². The van der Waals surface area contributed by atoms with Crippen molar-refractivity contribution in [3.8, 4) is 5.75 Å². The topological polar surface area (TPSA) is 47.0 Å². The van der Waals surface area contributed by atoms with Gasteiger partial charge in [0.15, 0.2) is 0 Å². The Kier molecular flexibility index (Phi) is 4.41. The zero-order valence-corrected chi connectivity index (χ0v) is 10.9. The first-order chi connectivity index (χ1) is 9.24. The van der Waals surface area contributed by atoms with Gasteiger partial charge in [-0.05, 0) is 37.2 Å². The number of pyridine rings is 2. The van der Waals surface area contributed by atoms with Gasteiger partial charge in [-0.3, -0.25) is 9.97 Å². The van der Waals surface area contributed by atoms with Crippen LogP contribution in [0.15, 0.2) is 36.9 Å². The van der Waals surface area contributed by atoms with Crippen molar-refractivity contribution in [2.45, 2.75) is 13.0 Å². The minimum Gasteiger partial charge on any atom is -0.492 e. The van der Waals surface area contributed by atoms with E-state index in [1.165, 1.54) is 12.3 Å². The smallest absolute Gasteiger partial charge is 0.141 e. The van der Waals surface area contributed by atoms with E-state index in [0.717, 1.165) is 11.1 Å². The Bertz CT molecular complexity index is 548. The standard InChI is InChI=1S/C14H16FN3O/c1-3-19-13-5-11(7-18-9-13)14(16-2)10-4-12(15)8-17-6-10/h4-9,14,16H,3H2,1-2H3. The van der Waals surface area contributed by atoms with Gasteiger partial charge in [-0.15, -0.1) is 0 Å². The van der Waals surface area contributed by atoms with Crippen LogP contribution in [0.25, 0.3) is 0 Å². The third-order valence-electron chi connectivity index (χ3n) is 2.73. The first-order valence-electron chi connectivity index (χ1n) is 6.10. The highest BCUT2D eigenvalue weighted by molar-refractivity contribution is 5.33. The van der Waals surface area contributed by atoms with Crippen molar-refractivity contribution in [2.24, 2.45) is 0 Å². The van der Waals surface area contributed by atoms with Crippen LogP contribution in [-0.2, 0) is 0 Å². The molecule has 0 aliphatic heterocycles. The molecule has 0 fully saturated rings. The van der Waals surface area contributed by atoms with Crippen LogP contribution in [0.3, 0.4) is 0 Å². The SMILES string of the molecule is CCOc1cncc(C(NC)c2cncc(F)c2)c1. The maximum absolute atomic E-state index is 13.2. The summed E-state index contributed by atoms with van der Waals surface area (Å²) in [5.74, 6) is 0.344. The van der Waals surface area contributed by atoms with Gasteiger partial charge < -0.3 is 10.1 Å². The van der Waals surface area contributed by atoms with Gasteiger partial charge in [0.2, 0.25) is 0 Å². The maximum atomic E-state index is 13.2. The highest BCUT2D eigenvalue weighted by Gasteiger charge is 2.14. The minimum atomic E-state index is -0.355. The van der Waals surface area contributed by atoms with Gasteiger partial charge in [0.25, 0.3) is 0 Å². The Morgan fingerprint density at radius 2 is 1.84 bits per heavy atom. The fraction of sp³-hybridized carbons (Fsp3) is 0.286. The Morgan fingerprint density at radius 3 is 2.47 bits per heavy atom. The molecule has 0 radical (unpaired) electrons. The molecule has 4 nitrogen and oxygen atoms in total. The normalized spacial score (nSPS) is 12.2. The second-order valence-electron chi connectivity index (χ2n) is 4.05. The van der Waals surface area contributed by atoms with Crippen LogP contribution in [-0.4, -0.2) is 23.6 Å². The zero-order chi connectivity index (χ0) is 13.7. The molecule has 5 heteroatoms. The van der Waals surface area contributed by atoms with E-state index < -0.39 is 0 Å². The summed E-state index contributed by atoms with van der Waals surface area (Å²) < 4.78 is 18.7. The van der Waals surface area contributed by atoms with Crippen LogP contribution in [0.4, 0.5) is 4.39 Å². The molecule has 2 aromatic rings. The van der Waals surface area contributed by atoms with Crippen molar-refractivity contribution in [1.82, 2.24) is 15.3 Å². The molecular formula is C14H16FN3O. The van der Waals surface area contributed by atoms with Crippen molar-refractivity contribution >= 4 is 0 Å². The van der Waals surface area contributed by atoms with Crippen LogP contribution in [0.1, 0.15) is 24.1 Å². The zero-order valence-electron chi connectivity index (χ0n) is 10.9. The number of nitrogens with one attached hydrogen (secondary N) is 1. The van der Waals surface area contributed by atoms with Crippen molar-refractivity contribution < 1.29 is 9.13 Å². The molecule has 19 heavy (non-hydrogen) atoms. The number of hydrogen-bond donors (Lipinski definition) is 1. The van der Waals surface area contributed by atoms with Gasteiger partial charge in [0.05, 0.1) is 25.0 Å². The van der Waals surface area contributed by atoms with Crippen molar-refractivity contribution in [2.75, 3.05) is 13.7 Å². The third kappa shape index (κ3) is 3.26. The summed E-state index contributed by atoms with van der Waals surface area (Å²) in [4.78, 5) is 8.01. The van der Waals surface area contributed by atoms with Crippen molar-refractivity contribution in [1.29, 1.82) is 0 Å². The molecule has 100 valence electrons. The summed E-state index contributed by atoms with van der Waals surface area (Å²) in [5.41, 5.74) is 1.65. The van der Waals surface area contributed by atoms with Gasteiger partial charge in [0.1, 0.15) is 11.6 Å².